The second kappa shape index (κ2) is 4.64. The van der Waals surface area contributed by atoms with Gasteiger partial charge in [-0.2, -0.15) is 5.10 Å². The molecule has 0 saturated heterocycles. The number of ether oxygens (including phenoxy) is 1. The molecular formula is C12H8ClN3O2S. The second-order valence-electron chi connectivity index (χ2n) is 3.79. The van der Waals surface area contributed by atoms with E-state index < -0.39 is 0 Å². The third kappa shape index (κ3) is 2.09. The second-order valence-corrected chi connectivity index (χ2v) is 5.14. The molecule has 0 atom stereocenters. The standard InChI is InChI=1S/C12H8ClN3O2S/c1-18-12(17)10-2-7(6-19-10)9-4-15-16-5-8(13)3-14-11(9)16/h2-6H,1H3. The topological polar surface area (TPSA) is 56.5 Å². The van der Waals surface area contributed by atoms with E-state index in [1.165, 1.54) is 18.4 Å². The van der Waals surface area contributed by atoms with Crippen molar-refractivity contribution in [1.29, 1.82) is 0 Å². The van der Waals surface area contributed by atoms with E-state index in [4.69, 9.17) is 11.6 Å². The molecule has 0 fully saturated rings. The Morgan fingerprint density at radius 2 is 2.32 bits per heavy atom. The van der Waals surface area contributed by atoms with Gasteiger partial charge >= 0.3 is 5.97 Å². The molecule has 0 aliphatic heterocycles. The number of carbonyl (C=O) groups excluding carboxylic acids is 1. The van der Waals surface area contributed by atoms with Crippen LogP contribution in [0.15, 0.2) is 30.0 Å². The predicted octanol–water partition coefficient (Wildman–Crippen LogP) is 2.90. The van der Waals surface area contributed by atoms with Gasteiger partial charge in [0.15, 0.2) is 5.65 Å². The number of halogens is 1. The highest BCUT2D eigenvalue weighted by Crippen LogP contribution is 2.28. The summed E-state index contributed by atoms with van der Waals surface area (Å²) >= 11 is 7.18. The molecule has 0 saturated carbocycles. The Bertz CT molecular complexity index is 765. The first-order valence-corrected chi connectivity index (χ1v) is 6.61. The lowest BCUT2D eigenvalue weighted by Gasteiger charge is -1.95. The van der Waals surface area contributed by atoms with E-state index >= 15 is 0 Å². The average molecular weight is 294 g/mol. The van der Waals surface area contributed by atoms with Gasteiger partial charge in [-0.1, -0.05) is 11.6 Å². The Kier molecular flexibility index (Phi) is 2.96. The minimum atomic E-state index is -0.344. The molecule has 3 aromatic heterocycles. The number of hydrogen-bond acceptors (Lipinski definition) is 5. The van der Waals surface area contributed by atoms with Crippen LogP contribution in [-0.2, 0) is 4.74 Å². The summed E-state index contributed by atoms with van der Waals surface area (Å²) in [5, 5.41) is 6.58. The number of fused-ring (bicyclic) bond motifs is 1. The van der Waals surface area contributed by atoms with E-state index in [1.54, 1.807) is 29.2 Å². The van der Waals surface area contributed by atoms with Crippen LogP contribution >= 0.6 is 22.9 Å². The molecule has 0 aromatic carbocycles. The van der Waals surface area contributed by atoms with Crippen LogP contribution < -0.4 is 0 Å². The Hall–Kier alpha value is -1.92. The number of thiophene rings is 1. The third-order valence-electron chi connectivity index (χ3n) is 2.62. The van der Waals surface area contributed by atoms with Gasteiger partial charge in [0.25, 0.3) is 0 Å². The lowest BCUT2D eigenvalue weighted by Crippen LogP contribution is -1.96. The van der Waals surface area contributed by atoms with Gasteiger partial charge in [0.2, 0.25) is 0 Å². The number of esters is 1. The van der Waals surface area contributed by atoms with Crippen LogP contribution in [0, 0.1) is 0 Å². The SMILES string of the molecule is COC(=O)c1cc(-c2cnn3cc(Cl)cnc23)cs1. The molecule has 0 amide bonds. The molecule has 3 aromatic rings. The maximum Gasteiger partial charge on any atom is 0.348 e. The molecule has 0 spiro atoms. The minimum absolute atomic E-state index is 0.344. The average Bonchev–Trinajstić information content (AvgIpc) is 3.03. The van der Waals surface area contributed by atoms with E-state index in [9.17, 15) is 4.79 Å². The highest BCUT2D eigenvalue weighted by atomic mass is 35.5. The minimum Gasteiger partial charge on any atom is -0.465 e. The molecule has 0 aliphatic carbocycles. The van der Waals surface area contributed by atoms with Crippen molar-refractivity contribution in [2.45, 2.75) is 0 Å². The normalized spacial score (nSPS) is 10.8. The van der Waals surface area contributed by atoms with Crippen LogP contribution in [0.2, 0.25) is 5.02 Å². The van der Waals surface area contributed by atoms with E-state index in [0.717, 1.165) is 11.1 Å². The molecule has 5 nitrogen and oxygen atoms in total. The van der Waals surface area contributed by atoms with Crippen molar-refractivity contribution in [1.82, 2.24) is 14.6 Å². The lowest BCUT2D eigenvalue weighted by atomic mass is 10.2. The smallest absolute Gasteiger partial charge is 0.348 e. The summed E-state index contributed by atoms with van der Waals surface area (Å²) in [5.41, 5.74) is 2.43. The van der Waals surface area contributed by atoms with Gasteiger partial charge in [-0.3, -0.25) is 0 Å². The number of carbonyl (C=O) groups is 1. The van der Waals surface area contributed by atoms with Gasteiger partial charge < -0.3 is 4.74 Å². The van der Waals surface area contributed by atoms with Gasteiger partial charge in [-0.05, 0) is 17.0 Å². The maximum atomic E-state index is 11.4. The first-order chi connectivity index (χ1) is 9.19. The van der Waals surface area contributed by atoms with Gasteiger partial charge in [0.1, 0.15) is 4.88 Å². The number of methoxy groups -OCH3 is 1. The predicted molar refractivity (Wildman–Crippen MR) is 72.6 cm³/mol. The fraction of sp³-hybridized carbons (Fsp3) is 0.0833. The van der Waals surface area contributed by atoms with Crippen LogP contribution in [0.3, 0.4) is 0 Å². The molecule has 3 heterocycles. The molecular weight excluding hydrogens is 286 g/mol. The van der Waals surface area contributed by atoms with Crippen LogP contribution in [0.1, 0.15) is 9.67 Å². The lowest BCUT2D eigenvalue weighted by molar-refractivity contribution is 0.0606. The van der Waals surface area contributed by atoms with E-state index in [-0.39, 0.29) is 5.97 Å². The summed E-state index contributed by atoms with van der Waals surface area (Å²) in [4.78, 5) is 16.2. The Labute approximate surface area is 117 Å². The van der Waals surface area contributed by atoms with Gasteiger partial charge in [-0.15, -0.1) is 11.3 Å². The van der Waals surface area contributed by atoms with Crippen molar-refractivity contribution in [3.05, 3.63) is 39.9 Å². The maximum absolute atomic E-state index is 11.4. The fourth-order valence-corrected chi connectivity index (χ4v) is 2.71. The first kappa shape index (κ1) is 12.1. The van der Waals surface area contributed by atoms with Crippen LogP contribution in [0.4, 0.5) is 0 Å². The molecule has 0 aliphatic rings. The monoisotopic (exact) mass is 293 g/mol. The molecule has 0 N–H and O–H groups in total. The van der Waals surface area contributed by atoms with Crippen molar-refractivity contribution >= 4 is 34.6 Å². The summed E-state index contributed by atoms with van der Waals surface area (Å²) < 4.78 is 6.29. The number of nitrogens with zero attached hydrogens (tertiary/aromatic N) is 3. The summed E-state index contributed by atoms with van der Waals surface area (Å²) in [6, 6.07) is 1.77. The zero-order valence-corrected chi connectivity index (χ0v) is 11.4. The van der Waals surface area contributed by atoms with Crippen molar-refractivity contribution < 1.29 is 9.53 Å². The zero-order valence-electron chi connectivity index (χ0n) is 9.83. The highest BCUT2D eigenvalue weighted by molar-refractivity contribution is 7.12. The molecule has 0 bridgehead atoms. The van der Waals surface area contributed by atoms with Gasteiger partial charge in [-0.25, -0.2) is 14.3 Å². The third-order valence-corrected chi connectivity index (χ3v) is 3.73. The molecule has 96 valence electrons. The molecule has 7 heteroatoms. The van der Waals surface area contributed by atoms with Crippen LogP contribution in [0.25, 0.3) is 16.8 Å². The molecule has 19 heavy (non-hydrogen) atoms. The van der Waals surface area contributed by atoms with Crippen molar-refractivity contribution in [3.8, 4) is 11.1 Å². The fourth-order valence-electron chi connectivity index (χ4n) is 1.74. The Morgan fingerprint density at radius 3 is 3.11 bits per heavy atom. The highest BCUT2D eigenvalue weighted by Gasteiger charge is 2.13. The Morgan fingerprint density at radius 1 is 1.47 bits per heavy atom. The summed E-state index contributed by atoms with van der Waals surface area (Å²) in [6.07, 6.45) is 4.94. The molecule has 3 rings (SSSR count). The van der Waals surface area contributed by atoms with Crippen molar-refractivity contribution in [3.63, 3.8) is 0 Å². The van der Waals surface area contributed by atoms with E-state index in [0.29, 0.717) is 15.5 Å². The van der Waals surface area contributed by atoms with Gasteiger partial charge in [0, 0.05) is 11.8 Å². The van der Waals surface area contributed by atoms with Gasteiger partial charge in [0.05, 0.1) is 24.5 Å². The summed E-state index contributed by atoms with van der Waals surface area (Å²) in [6.45, 7) is 0. The zero-order chi connectivity index (χ0) is 13.4. The number of rotatable bonds is 2. The summed E-state index contributed by atoms with van der Waals surface area (Å²) in [7, 11) is 1.36. The first-order valence-electron chi connectivity index (χ1n) is 5.35. The van der Waals surface area contributed by atoms with Crippen molar-refractivity contribution in [2.24, 2.45) is 0 Å². The van der Waals surface area contributed by atoms with E-state index in [1.807, 2.05) is 5.38 Å². The van der Waals surface area contributed by atoms with E-state index in [2.05, 4.69) is 14.8 Å². The largest absolute Gasteiger partial charge is 0.465 e. The molecule has 0 radical (unpaired) electrons. The van der Waals surface area contributed by atoms with Crippen molar-refractivity contribution in [2.75, 3.05) is 7.11 Å². The quantitative estimate of drug-likeness (QED) is 0.682. The van der Waals surface area contributed by atoms with Crippen LogP contribution in [0.5, 0.6) is 0 Å². The Balaban J connectivity index is 2.09. The summed E-state index contributed by atoms with van der Waals surface area (Å²) in [5.74, 6) is -0.344. The number of hydrogen-bond donors (Lipinski definition) is 0. The van der Waals surface area contributed by atoms with Crippen LogP contribution in [-0.4, -0.2) is 27.7 Å². The molecule has 0 unspecified atom stereocenters. The number of aromatic nitrogens is 3.